The molecule has 1 atom stereocenters. The van der Waals surface area contributed by atoms with E-state index in [0.29, 0.717) is 11.5 Å². The number of rotatable bonds is 9. The zero-order valence-corrected chi connectivity index (χ0v) is 13.0. The van der Waals surface area contributed by atoms with E-state index in [-0.39, 0.29) is 0 Å². The van der Waals surface area contributed by atoms with Gasteiger partial charge in [-0.15, -0.1) is 0 Å². The highest BCUT2D eigenvalue weighted by Crippen LogP contribution is 2.21. The van der Waals surface area contributed by atoms with E-state index in [4.69, 9.17) is 0 Å². The van der Waals surface area contributed by atoms with Gasteiger partial charge in [0.25, 0.3) is 0 Å². The van der Waals surface area contributed by atoms with Crippen molar-refractivity contribution in [2.45, 2.75) is 40.2 Å². The van der Waals surface area contributed by atoms with Crippen LogP contribution >= 0.6 is 0 Å². The molecule has 3 nitrogen and oxygen atoms in total. The average molecular weight is 243 g/mol. The summed E-state index contributed by atoms with van der Waals surface area (Å²) in [5.74, 6) is 0. The Morgan fingerprint density at radius 2 is 1.76 bits per heavy atom. The maximum Gasteiger partial charge on any atom is 0.00991 e. The quantitative estimate of drug-likeness (QED) is 0.667. The molecular weight excluding hydrogens is 210 g/mol. The third kappa shape index (κ3) is 7.02. The van der Waals surface area contributed by atoms with Gasteiger partial charge >= 0.3 is 0 Å². The van der Waals surface area contributed by atoms with Gasteiger partial charge < -0.3 is 15.1 Å². The molecule has 0 radical (unpaired) electrons. The first-order chi connectivity index (χ1) is 7.83. The van der Waals surface area contributed by atoms with Crippen LogP contribution in [-0.4, -0.2) is 63.2 Å². The molecule has 0 saturated heterocycles. The Morgan fingerprint density at radius 3 is 2.18 bits per heavy atom. The second-order valence-corrected chi connectivity index (χ2v) is 6.02. The van der Waals surface area contributed by atoms with Crippen molar-refractivity contribution in [2.24, 2.45) is 5.41 Å². The van der Waals surface area contributed by atoms with Crippen LogP contribution < -0.4 is 5.32 Å². The van der Waals surface area contributed by atoms with Crippen molar-refractivity contribution in [1.82, 2.24) is 15.1 Å². The van der Waals surface area contributed by atoms with E-state index in [2.05, 4.69) is 64.0 Å². The van der Waals surface area contributed by atoms with Crippen LogP contribution in [0.4, 0.5) is 0 Å². The number of nitrogens with zero attached hydrogens (tertiary/aromatic N) is 2. The summed E-state index contributed by atoms with van der Waals surface area (Å²) in [4.78, 5) is 4.83. The van der Waals surface area contributed by atoms with Crippen molar-refractivity contribution in [1.29, 1.82) is 0 Å². The van der Waals surface area contributed by atoms with Crippen molar-refractivity contribution < 1.29 is 0 Å². The number of hydrogen-bond acceptors (Lipinski definition) is 3. The molecule has 0 fully saturated rings. The molecule has 0 saturated carbocycles. The van der Waals surface area contributed by atoms with Gasteiger partial charge in [-0.05, 0) is 59.5 Å². The monoisotopic (exact) mass is 243 g/mol. The van der Waals surface area contributed by atoms with Gasteiger partial charge in [-0.2, -0.15) is 0 Å². The standard InChI is InChI=1S/C14H33N3/c1-8-17(11-9-10-16(6)7)12-14(3,4)13(2)15-5/h13,15H,8-12H2,1-7H3. The summed E-state index contributed by atoms with van der Waals surface area (Å²) in [5, 5.41) is 3.37. The molecule has 0 amide bonds. The molecule has 1 N–H and O–H groups in total. The van der Waals surface area contributed by atoms with Crippen LogP contribution in [-0.2, 0) is 0 Å². The van der Waals surface area contributed by atoms with Gasteiger partial charge in [0.15, 0.2) is 0 Å². The van der Waals surface area contributed by atoms with Crippen LogP contribution in [0, 0.1) is 5.41 Å². The second-order valence-electron chi connectivity index (χ2n) is 6.02. The fourth-order valence-corrected chi connectivity index (χ4v) is 2.06. The van der Waals surface area contributed by atoms with Crippen LogP contribution in [0.2, 0.25) is 0 Å². The van der Waals surface area contributed by atoms with Crippen LogP contribution in [0.3, 0.4) is 0 Å². The molecule has 0 aromatic heterocycles. The smallest absolute Gasteiger partial charge is 0.00991 e. The first-order valence-corrected chi connectivity index (χ1v) is 6.87. The Kier molecular flexibility index (Phi) is 8.01. The summed E-state index contributed by atoms with van der Waals surface area (Å²) in [6.45, 7) is 13.9. The van der Waals surface area contributed by atoms with E-state index in [1.54, 1.807) is 0 Å². The van der Waals surface area contributed by atoms with Gasteiger partial charge in [-0.3, -0.25) is 0 Å². The molecule has 0 aliphatic heterocycles. The zero-order valence-electron chi connectivity index (χ0n) is 13.0. The topological polar surface area (TPSA) is 18.5 Å². The molecule has 1 unspecified atom stereocenters. The molecule has 0 aliphatic rings. The predicted octanol–water partition coefficient (Wildman–Crippen LogP) is 1.89. The van der Waals surface area contributed by atoms with Gasteiger partial charge in [0.1, 0.15) is 0 Å². The van der Waals surface area contributed by atoms with Crippen molar-refractivity contribution >= 4 is 0 Å². The number of hydrogen-bond donors (Lipinski definition) is 1. The van der Waals surface area contributed by atoms with Crippen LogP contribution in [0.5, 0.6) is 0 Å². The molecule has 104 valence electrons. The fourth-order valence-electron chi connectivity index (χ4n) is 2.06. The lowest BCUT2D eigenvalue weighted by atomic mass is 9.85. The zero-order chi connectivity index (χ0) is 13.5. The highest BCUT2D eigenvalue weighted by Gasteiger charge is 2.26. The van der Waals surface area contributed by atoms with E-state index in [0.717, 1.165) is 6.54 Å². The van der Waals surface area contributed by atoms with Crippen molar-refractivity contribution in [2.75, 3.05) is 47.3 Å². The first kappa shape index (κ1) is 16.9. The van der Waals surface area contributed by atoms with Gasteiger partial charge in [0.2, 0.25) is 0 Å². The Hall–Kier alpha value is -0.120. The Balaban J connectivity index is 4.11. The van der Waals surface area contributed by atoms with Crippen molar-refractivity contribution in [3.8, 4) is 0 Å². The van der Waals surface area contributed by atoms with E-state index in [1.165, 1.54) is 26.1 Å². The van der Waals surface area contributed by atoms with Crippen molar-refractivity contribution in [3.05, 3.63) is 0 Å². The van der Waals surface area contributed by atoms with Crippen LogP contribution in [0.15, 0.2) is 0 Å². The maximum absolute atomic E-state index is 3.37. The van der Waals surface area contributed by atoms with Gasteiger partial charge in [-0.1, -0.05) is 20.8 Å². The lowest BCUT2D eigenvalue weighted by Gasteiger charge is -2.36. The van der Waals surface area contributed by atoms with Gasteiger partial charge in [0, 0.05) is 12.6 Å². The largest absolute Gasteiger partial charge is 0.317 e. The first-order valence-electron chi connectivity index (χ1n) is 6.87. The summed E-state index contributed by atoms with van der Waals surface area (Å²) >= 11 is 0. The summed E-state index contributed by atoms with van der Waals surface area (Å²) in [6.07, 6.45) is 1.25. The molecule has 3 heteroatoms. The average Bonchev–Trinajstić information content (AvgIpc) is 2.25. The predicted molar refractivity (Wildman–Crippen MR) is 77.6 cm³/mol. The minimum absolute atomic E-state index is 0.322. The minimum atomic E-state index is 0.322. The van der Waals surface area contributed by atoms with Crippen LogP contribution in [0.1, 0.15) is 34.1 Å². The maximum atomic E-state index is 3.37. The molecule has 0 heterocycles. The Labute approximate surface area is 109 Å². The molecule has 0 aromatic carbocycles. The SMILES string of the molecule is CCN(CCCN(C)C)CC(C)(C)C(C)NC. The highest BCUT2D eigenvalue weighted by molar-refractivity contribution is 4.82. The van der Waals surface area contributed by atoms with E-state index < -0.39 is 0 Å². The summed E-state index contributed by atoms with van der Waals surface area (Å²) < 4.78 is 0. The Bertz CT molecular complexity index is 190. The highest BCUT2D eigenvalue weighted by atomic mass is 15.1. The summed E-state index contributed by atoms with van der Waals surface area (Å²) in [6, 6.07) is 0.547. The molecular formula is C14H33N3. The molecule has 0 spiro atoms. The summed E-state index contributed by atoms with van der Waals surface area (Å²) in [7, 11) is 6.33. The second kappa shape index (κ2) is 8.06. The molecule has 0 bridgehead atoms. The summed E-state index contributed by atoms with van der Waals surface area (Å²) in [5.41, 5.74) is 0.322. The van der Waals surface area contributed by atoms with Gasteiger partial charge in [-0.25, -0.2) is 0 Å². The fraction of sp³-hybridized carbons (Fsp3) is 1.00. The normalized spacial score (nSPS) is 14.6. The lowest BCUT2D eigenvalue weighted by molar-refractivity contribution is 0.147. The molecule has 0 rings (SSSR count). The van der Waals surface area contributed by atoms with E-state index in [1.807, 2.05) is 0 Å². The van der Waals surface area contributed by atoms with Gasteiger partial charge in [0.05, 0.1) is 0 Å². The van der Waals surface area contributed by atoms with Crippen LogP contribution in [0.25, 0.3) is 0 Å². The third-order valence-corrected chi connectivity index (χ3v) is 3.76. The van der Waals surface area contributed by atoms with Crippen molar-refractivity contribution in [3.63, 3.8) is 0 Å². The van der Waals surface area contributed by atoms with E-state index >= 15 is 0 Å². The number of nitrogens with one attached hydrogen (secondary N) is 1. The molecule has 0 aromatic rings. The third-order valence-electron chi connectivity index (χ3n) is 3.76. The molecule has 0 aliphatic carbocycles. The molecule has 17 heavy (non-hydrogen) atoms. The minimum Gasteiger partial charge on any atom is -0.317 e. The van der Waals surface area contributed by atoms with E-state index in [9.17, 15) is 0 Å². The Morgan fingerprint density at radius 1 is 1.18 bits per heavy atom. The lowest BCUT2D eigenvalue weighted by Crippen LogP contribution is -2.46.